The highest BCUT2D eigenvalue weighted by Crippen LogP contribution is 2.64. The van der Waals surface area contributed by atoms with Gasteiger partial charge in [0.1, 0.15) is 24.7 Å². The van der Waals surface area contributed by atoms with Crippen molar-refractivity contribution in [2.24, 2.45) is 0 Å². The maximum Gasteiger partial charge on any atom is 0.330 e. The number of H-pyrrole nitrogens is 2. The van der Waals surface area contributed by atoms with Crippen molar-refractivity contribution in [3.8, 4) is 0 Å². The summed E-state index contributed by atoms with van der Waals surface area (Å²) in [4.78, 5) is 54.7. The van der Waals surface area contributed by atoms with Crippen LogP contribution in [0.4, 0.5) is 0 Å². The van der Waals surface area contributed by atoms with Crippen LogP contribution in [0, 0.1) is 13.8 Å². The minimum absolute atomic E-state index is 0.0657. The van der Waals surface area contributed by atoms with Crippen LogP contribution < -0.4 is 22.5 Å². The van der Waals surface area contributed by atoms with Gasteiger partial charge in [-0.05, 0) is 73.7 Å². The van der Waals surface area contributed by atoms with Crippen molar-refractivity contribution in [3.05, 3.63) is 65.2 Å². The lowest BCUT2D eigenvalue weighted by Gasteiger charge is -2.38. The molecule has 2 N–H and O–H groups in total. The van der Waals surface area contributed by atoms with Crippen LogP contribution in [0.15, 0.2) is 31.6 Å². The third-order valence-corrected chi connectivity index (χ3v) is 25.5. The zero-order chi connectivity index (χ0) is 41.7. The van der Waals surface area contributed by atoms with Crippen LogP contribution in [0.2, 0.25) is 36.3 Å². The quantitative estimate of drug-likeness (QED) is 0.168. The van der Waals surface area contributed by atoms with Crippen LogP contribution in [0.3, 0.4) is 0 Å². The molecule has 2 fully saturated rings. The van der Waals surface area contributed by atoms with E-state index in [1.54, 1.807) is 27.2 Å². The maximum atomic E-state index is 12.9. The summed E-state index contributed by atoms with van der Waals surface area (Å²) < 4.78 is 48.2. The number of ether oxygens (including phenoxy) is 2. The molecule has 4 rings (SSSR count). The molecule has 0 aliphatic carbocycles. The lowest BCUT2D eigenvalue weighted by atomic mass is 10.2. The first-order chi connectivity index (χ1) is 24.9. The largest absolute Gasteiger partial charge is 0.414 e. The van der Waals surface area contributed by atoms with E-state index in [0.717, 1.165) is 0 Å². The van der Waals surface area contributed by atoms with Gasteiger partial charge in [-0.1, -0.05) is 41.5 Å². The minimum Gasteiger partial charge on any atom is -0.414 e. The van der Waals surface area contributed by atoms with Gasteiger partial charge in [-0.25, -0.2) is 9.59 Å². The number of rotatable bonds is 14. The SMILES string of the molecule is Cc1cn([C@H]2C[C@H](OP(C)(=S)OP(C)(=S)O[C@H]3C[C@H](n4cc(C)c(=O)[nH]c4=O)O[C@@H]3CO[Si](C)(C)C(C)(C)C)[C@@H](CO[Si](C)(C)C(C)(C)C)O2)c(=O)[nH]c1=O. The fourth-order valence-corrected chi connectivity index (χ4v) is 14.9. The van der Waals surface area contributed by atoms with Crippen LogP contribution in [0.1, 0.15) is 78.0 Å². The van der Waals surface area contributed by atoms with Crippen LogP contribution >= 0.6 is 13.0 Å². The average molecular weight is 883 g/mol. The van der Waals surface area contributed by atoms with Gasteiger partial charge in [0, 0.05) is 49.7 Å². The Morgan fingerprint density at radius 3 is 1.35 bits per heavy atom. The Balaban J connectivity index is 1.57. The minimum atomic E-state index is -3.15. The van der Waals surface area contributed by atoms with E-state index in [-0.39, 0.29) is 36.1 Å². The van der Waals surface area contributed by atoms with Gasteiger partial charge >= 0.3 is 11.4 Å². The van der Waals surface area contributed by atoms with Gasteiger partial charge < -0.3 is 27.4 Å². The first kappa shape index (κ1) is 46.5. The van der Waals surface area contributed by atoms with Gasteiger partial charge in [-0.2, -0.15) is 0 Å². The topological polar surface area (TPSA) is 174 Å². The first-order valence-electron chi connectivity index (χ1n) is 18.4. The summed E-state index contributed by atoms with van der Waals surface area (Å²) >= 11 is 12.0. The third kappa shape index (κ3) is 11.5. The second-order valence-electron chi connectivity index (χ2n) is 17.7. The monoisotopic (exact) mass is 882 g/mol. The van der Waals surface area contributed by atoms with Crippen LogP contribution in [-0.2, 0) is 55.3 Å². The summed E-state index contributed by atoms with van der Waals surface area (Å²) in [6.45, 7) is 22.1. The van der Waals surface area contributed by atoms with E-state index in [0.29, 0.717) is 11.1 Å². The van der Waals surface area contributed by atoms with Gasteiger partial charge in [-0.15, -0.1) is 0 Å². The first-order valence-corrected chi connectivity index (χ1v) is 30.4. The molecule has 2 unspecified atom stereocenters. The Morgan fingerprint density at radius 2 is 1.04 bits per heavy atom. The van der Waals surface area contributed by atoms with Gasteiger partial charge in [0.05, 0.1) is 25.4 Å². The zero-order valence-corrected chi connectivity index (χ0v) is 40.0. The van der Waals surface area contributed by atoms with Crippen LogP contribution in [0.5, 0.6) is 0 Å². The highest BCUT2D eigenvalue weighted by atomic mass is 32.5. The summed E-state index contributed by atoms with van der Waals surface area (Å²) in [6, 6.07) is 0. The number of aromatic amines is 2. The van der Waals surface area contributed by atoms with Crippen molar-refractivity contribution in [2.75, 3.05) is 26.5 Å². The Kier molecular flexibility index (Phi) is 14.2. The van der Waals surface area contributed by atoms with E-state index in [1.807, 2.05) is 0 Å². The molecule has 2 aliphatic rings. The predicted molar refractivity (Wildman–Crippen MR) is 227 cm³/mol. The summed E-state index contributed by atoms with van der Waals surface area (Å²) in [6.07, 6.45) is -0.598. The molecular formula is C34H60N4O11P2S2Si2. The predicted octanol–water partition coefficient (Wildman–Crippen LogP) is 5.99. The normalized spacial score (nSPS) is 26.2. The number of aromatic nitrogens is 4. The number of hydrogen-bond donors (Lipinski definition) is 2. The van der Waals surface area contributed by atoms with Crippen LogP contribution in [0.25, 0.3) is 0 Å². The van der Waals surface area contributed by atoms with Crippen molar-refractivity contribution in [2.45, 2.75) is 141 Å². The van der Waals surface area contributed by atoms with E-state index < -0.39 is 89.0 Å². The Bertz CT molecular complexity index is 1910. The average Bonchev–Trinajstić information content (AvgIpc) is 3.59. The molecule has 55 heavy (non-hydrogen) atoms. The van der Waals surface area contributed by atoms with Gasteiger partial charge in [0.25, 0.3) is 11.1 Å². The molecule has 2 aliphatic heterocycles. The van der Waals surface area contributed by atoms with E-state index in [1.165, 1.54) is 21.5 Å². The maximum absolute atomic E-state index is 12.9. The van der Waals surface area contributed by atoms with E-state index in [4.69, 9.17) is 55.3 Å². The molecule has 0 bridgehead atoms. The number of hydrogen-bond acceptors (Lipinski definition) is 13. The molecule has 8 atom stereocenters. The number of nitrogens with one attached hydrogen (secondary N) is 2. The fraction of sp³-hybridized carbons (Fsp3) is 0.765. The fourth-order valence-electron chi connectivity index (χ4n) is 5.68. The van der Waals surface area contributed by atoms with Crippen molar-refractivity contribution >= 4 is 53.2 Å². The van der Waals surface area contributed by atoms with Gasteiger partial charge in [0.15, 0.2) is 29.6 Å². The number of aryl methyl sites for hydroxylation is 2. The lowest BCUT2D eigenvalue weighted by Crippen LogP contribution is -2.44. The highest BCUT2D eigenvalue weighted by Gasteiger charge is 2.46. The second-order valence-corrected chi connectivity index (χ2v) is 35.5. The molecule has 0 saturated carbocycles. The molecule has 21 heteroatoms. The van der Waals surface area contributed by atoms with Gasteiger partial charge in [-0.3, -0.25) is 33.0 Å². The summed E-state index contributed by atoms with van der Waals surface area (Å²) in [7, 11) is -4.43. The molecule has 15 nitrogen and oxygen atoms in total. The lowest BCUT2D eigenvalue weighted by molar-refractivity contribution is -0.0404. The molecule has 2 aromatic rings. The highest BCUT2D eigenvalue weighted by molar-refractivity contribution is 8.16. The molecular weight excluding hydrogens is 823 g/mol. The van der Waals surface area contributed by atoms with E-state index >= 15 is 0 Å². The molecule has 0 aromatic carbocycles. The van der Waals surface area contributed by atoms with Crippen LogP contribution in [-0.4, -0.2) is 86.7 Å². The molecule has 4 heterocycles. The van der Waals surface area contributed by atoms with Crippen molar-refractivity contribution < 1.29 is 31.7 Å². The molecule has 2 saturated heterocycles. The summed E-state index contributed by atoms with van der Waals surface area (Å²) in [5.74, 6) is 0. The number of nitrogens with zero attached hydrogens (tertiary/aromatic N) is 2. The zero-order valence-electron chi connectivity index (χ0n) is 34.5. The third-order valence-electron chi connectivity index (χ3n) is 11.1. The Labute approximate surface area is 335 Å². The molecule has 2 aromatic heterocycles. The summed E-state index contributed by atoms with van der Waals surface area (Å²) in [5.41, 5.74) is -1.41. The molecule has 0 spiro atoms. The van der Waals surface area contributed by atoms with Gasteiger partial charge in [0.2, 0.25) is 0 Å². The van der Waals surface area contributed by atoms with Crippen molar-refractivity contribution in [1.29, 1.82) is 0 Å². The van der Waals surface area contributed by atoms with Crippen molar-refractivity contribution in [1.82, 2.24) is 19.1 Å². The summed E-state index contributed by atoms with van der Waals surface area (Å²) in [5, 5.41) is -0.131. The molecule has 312 valence electrons. The van der Waals surface area contributed by atoms with Crippen molar-refractivity contribution in [3.63, 3.8) is 0 Å². The van der Waals surface area contributed by atoms with E-state index in [9.17, 15) is 19.2 Å². The Hall–Kier alpha value is -1.19. The van der Waals surface area contributed by atoms with E-state index in [2.05, 4.69) is 77.7 Å². The second kappa shape index (κ2) is 16.8. The Morgan fingerprint density at radius 1 is 0.709 bits per heavy atom. The molecule has 0 amide bonds. The molecule has 0 radical (unpaired) electrons. The smallest absolute Gasteiger partial charge is 0.330 e. The standard InChI is InChI=1S/C34H60N4O11P2S2Si2/c1-21-17-37(31(41)35-29(21)39)27-15-23(25(45-27)19-43-54(11,12)33(3,4)5)47-50(9,52)49-51(10,53)48-24-16-28(38-18-22(2)30(40)36-32(38)42)46-26(24)20-44-55(13,14)34(6,7)8/h17-18,23-28H,15-16,19-20H2,1-14H3,(H,35,39,41)(H,36,40,42)/t23-,24-,25+,26+,27+,28+,50?,51?/m0/s1.